The lowest BCUT2D eigenvalue weighted by Crippen LogP contribution is -1.96. The molecule has 0 aliphatic heterocycles. The Morgan fingerprint density at radius 2 is 1.65 bits per heavy atom. The first-order chi connectivity index (χ1) is 9.76. The standard InChI is InChI=1S/C17H16O3/c1-4-14-11-16(9-10-17(14)19-3)20-12-13-5-7-15(18-2)8-6-13/h1,5-11H,12H2,2-3H3. The Bertz CT molecular complexity index is 609. The summed E-state index contributed by atoms with van der Waals surface area (Å²) in [5, 5.41) is 0. The highest BCUT2D eigenvalue weighted by atomic mass is 16.5. The molecule has 2 aromatic rings. The van der Waals surface area contributed by atoms with Crippen molar-refractivity contribution in [3.63, 3.8) is 0 Å². The van der Waals surface area contributed by atoms with Crippen LogP contribution in [0, 0.1) is 12.3 Å². The van der Waals surface area contributed by atoms with Crippen molar-refractivity contribution < 1.29 is 14.2 Å². The lowest BCUT2D eigenvalue weighted by Gasteiger charge is -2.09. The number of benzene rings is 2. The molecule has 0 unspecified atom stereocenters. The van der Waals surface area contributed by atoms with Gasteiger partial charge in [0.2, 0.25) is 0 Å². The van der Waals surface area contributed by atoms with Crippen LogP contribution < -0.4 is 14.2 Å². The summed E-state index contributed by atoms with van der Waals surface area (Å²) in [4.78, 5) is 0. The van der Waals surface area contributed by atoms with Gasteiger partial charge in [0, 0.05) is 0 Å². The second kappa shape index (κ2) is 6.53. The third kappa shape index (κ3) is 3.24. The molecule has 20 heavy (non-hydrogen) atoms. The zero-order chi connectivity index (χ0) is 14.4. The van der Waals surface area contributed by atoms with Gasteiger partial charge < -0.3 is 14.2 Å². The predicted octanol–water partition coefficient (Wildman–Crippen LogP) is 3.26. The van der Waals surface area contributed by atoms with Crippen molar-refractivity contribution >= 4 is 0 Å². The molecule has 0 aliphatic rings. The van der Waals surface area contributed by atoms with E-state index in [1.54, 1.807) is 26.4 Å². The first-order valence-corrected chi connectivity index (χ1v) is 6.17. The van der Waals surface area contributed by atoms with E-state index < -0.39 is 0 Å². The second-order valence-electron chi connectivity index (χ2n) is 4.14. The van der Waals surface area contributed by atoms with Gasteiger partial charge >= 0.3 is 0 Å². The zero-order valence-electron chi connectivity index (χ0n) is 11.6. The van der Waals surface area contributed by atoms with Gasteiger partial charge in [-0.15, -0.1) is 6.42 Å². The normalized spacial score (nSPS) is 9.65. The van der Waals surface area contributed by atoms with Gasteiger partial charge in [-0.05, 0) is 35.9 Å². The molecular weight excluding hydrogens is 252 g/mol. The number of hydrogen-bond donors (Lipinski definition) is 0. The molecule has 0 bridgehead atoms. The summed E-state index contributed by atoms with van der Waals surface area (Å²) >= 11 is 0. The van der Waals surface area contributed by atoms with Gasteiger partial charge in [0.05, 0.1) is 19.8 Å². The van der Waals surface area contributed by atoms with Gasteiger partial charge in [-0.2, -0.15) is 0 Å². The van der Waals surface area contributed by atoms with Crippen molar-refractivity contribution in [2.45, 2.75) is 6.61 Å². The van der Waals surface area contributed by atoms with Crippen molar-refractivity contribution in [2.24, 2.45) is 0 Å². The van der Waals surface area contributed by atoms with Crippen LogP contribution in [-0.2, 0) is 6.61 Å². The van der Waals surface area contributed by atoms with Gasteiger partial charge in [-0.25, -0.2) is 0 Å². The SMILES string of the molecule is C#Cc1cc(OCc2ccc(OC)cc2)ccc1OC. The molecule has 0 aliphatic carbocycles. The minimum absolute atomic E-state index is 0.473. The summed E-state index contributed by atoms with van der Waals surface area (Å²) in [6.07, 6.45) is 5.43. The number of methoxy groups -OCH3 is 2. The molecule has 102 valence electrons. The van der Waals surface area contributed by atoms with Gasteiger partial charge in [-0.1, -0.05) is 18.1 Å². The minimum Gasteiger partial charge on any atom is -0.497 e. The third-order valence-electron chi connectivity index (χ3n) is 2.89. The largest absolute Gasteiger partial charge is 0.497 e. The number of rotatable bonds is 5. The van der Waals surface area contributed by atoms with Crippen molar-refractivity contribution in [1.82, 2.24) is 0 Å². The predicted molar refractivity (Wildman–Crippen MR) is 78.3 cm³/mol. The molecule has 0 amide bonds. The van der Waals surface area contributed by atoms with Crippen LogP contribution in [0.25, 0.3) is 0 Å². The monoisotopic (exact) mass is 268 g/mol. The van der Waals surface area contributed by atoms with Gasteiger partial charge in [0.25, 0.3) is 0 Å². The van der Waals surface area contributed by atoms with Crippen molar-refractivity contribution in [1.29, 1.82) is 0 Å². The number of ether oxygens (including phenoxy) is 3. The summed E-state index contributed by atoms with van der Waals surface area (Å²) in [6.45, 7) is 0.473. The van der Waals surface area contributed by atoms with Gasteiger partial charge in [0.15, 0.2) is 0 Å². The van der Waals surface area contributed by atoms with E-state index in [1.807, 2.05) is 30.3 Å². The van der Waals surface area contributed by atoms with Crippen LogP contribution in [0.2, 0.25) is 0 Å². The molecule has 0 aromatic heterocycles. The van der Waals surface area contributed by atoms with E-state index in [1.165, 1.54) is 0 Å². The Morgan fingerprint density at radius 1 is 0.950 bits per heavy atom. The minimum atomic E-state index is 0.473. The topological polar surface area (TPSA) is 27.7 Å². The molecule has 0 atom stereocenters. The lowest BCUT2D eigenvalue weighted by molar-refractivity contribution is 0.305. The molecule has 3 nitrogen and oxygen atoms in total. The van der Waals surface area contributed by atoms with Gasteiger partial charge in [0.1, 0.15) is 23.9 Å². The molecule has 0 saturated carbocycles. The fourth-order valence-corrected chi connectivity index (χ4v) is 1.78. The third-order valence-corrected chi connectivity index (χ3v) is 2.89. The Labute approximate surface area is 119 Å². The average Bonchev–Trinajstić information content (AvgIpc) is 2.53. The van der Waals surface area contributed by atoms with Gasteiger partial charge in [-0.3, -0.25) is 0 Å². The van der Waals surface area contributed by atoms with Crippen LogP contribution >= 0.6 is 0 Å². The average molecular weight is 268 g/mol. The fourth-order valence-electron chi connectivity index (χ4n) is 1.78. The van der Waals surface area contributed by atoms with Crippen molar-refractivity contribution in [3.05, 3.63) is 53.6 Å². The lowest BCUT2D eigenvalue weighted by atomic mass is 10.2. The van der Waals surface area contributed by atoms with Crippen molar-refractivity contribution in [3.8, 4) is 29.6 Å². The van der Waals surface area contributed by atoms with E-state index in [2.05, 4.69) is 5.92 Å². The highest BCUT2D eigenvalue weighted by Gasteiger charge is 2.03. The summed E-state index contributed by atoms with van der Waals surface area (Å²) in [5.41, 5.74) is 1.74. The summed E-state index contributed by atoms with van der Waals surface area (Å²) in [5.74, 6) is 4.79. The highest BCUT2D eigenvalue weighted by Crippen LogP contribution is 2.24. The number of hydrogen-bond acceptors (Lipinski definition) is 3. The van der Waals surface area contributed by atoms with E-state index in [0.29, 0.717) is 17.9 Å². The molecule has 0 heterocycles. The Kier molecular flexibility index (Phi) is 4.52. The van der Waals surface area contributed by atoms with E-state index in [-0.39, 0.29) is 0 Å². The molecule has 0 fully saturated rings. The zero-order valence-corrected chi connectivity index (χ0v) is 11.6. The van der Waals surface area contributed by atoms with Crippen molar-refractivity contribution in [2.75, 3.05) is 14.2 Å². The first kappa shape index (κ1) is 13.8. The molecule has 2 aromatic carbocycles. The summed E-state index contributed by atoms with van der Waals surface area (Å²) in [6, 6.07) is 13.2. The Balaban J connectivity index is 2.05. The number of terminal acetylenes is 1. The molecule has 0 radical (unpaired) electrons. The van der Waals surface area contributed by atoms with Crippen LogP contribution in [0.4, 0.5) is 0 Å². The smallest absolute Gasteiger partial charge is 0.134 e. The molecule has 0 saturated heterocycles. The molecule has 0 N–H and O–H groups in total. The van der Waals surface area contributed by atoms with Crippen LogP contribution in [0.3, 0.4) is 0 Å². The second-order valence-corrected chi connectivity index (χ2v) is 4.14. The van der Waals surface area contributed by atoms with Crippen LogP contribution in [0.15, 0.2) is 42.5 Å². The van der Waals surface area contributed by atoms with Crippen LogP contribution in [0.1, 0.15) is 11.1 Å². The van der Waals surface area contributed by atoms with E-state index in [4.69, 9.17) is 20.6 Å². The highest BCUT2D eigenvalue weighted by molar-refractivity contribution is 5.49. The Morgan fingerprint density at radius 3 is 2.25 bits per heavy atom. The Hall–Kier alpha value is -2.60. The maximum atomic E-state index is 5.72. The first-order valence-electron chi connectivity index (χ1n) is 6.17. The molecule has 3 heteroatoms. The van der Waals surface area contributed by atoms with E-state index in [0.717, 1.165) is 17.1 Å². The van der Waals surface area contributed by atoms with Crippen LogP contribution in [0.5, 0.6) is 17.2 Å². The molecular formula is C17H16O3. The quantitative estimate of drug-likeness (QED) is 0.779. The summed E-state index contributed by atoms with van der Waals surface area (Å²) < 4.78 is 16.0. The fraction of sp³-hybridized carbons (Fsp3) is 0.176. The maximum absolute atomic E-state index is 5.72. The van der Waals surface area contributed by atoms with Crippen LogP contribution in [-0.4, -0.2) is 14.2 Å². The van der Waals surface area contributed by atoms with E-state index in [9.17, 15) is 0 Å². The summed E-state index contributed by atoms with van der Waals surface area (Å²) in [7, 11) is 3.23. The maximum Gasteiger partial charge on any atom is 0.134 e. The molecule has 0 spiro atoms. The molecule has 2 rings (SSSR count). The van der Waals surface area contributed by atoms with E-state index >= 15 is 0 Å².